The summed E-state index contributed by atoms with van der Waals surface area (Å²) in [7, 11) is -3.80. The predicted octanol–water partition coefficient (Wildman–Crippen LogP) is 0.0224. The van der Waals surface area contributed by atoms with Gasteiger partial charge in [0, 0.05) is 25.8 Å². The lowest BCUT2D eigenvalue weighted by atomic mass is 10.2. The molecule has 1 unspecified atom stereocenters. The summed E-state index contributed by atoms with van der Waals surface area (Å²) >= 11 is 0. The summed E-state index contributed by atoms with van der Waals surface area (Å²) in [5, 5.41) is 5.58. The lowest BCUT2D eigenvalue weighted by Crippen LogP contribution is -2.55. The van der Waals surface area contributed by atoms with E-state index in [1.807, 2.05) is 6.92 Å². The number of anilines is 1. The van der Waals surface area contributed by atoms with E-state index in [1.54, 1.807) is 19.1 Å². The molecule has 20 heavy (non-hydrogen) atoms. The van der Waals surface area contributed by atoms with Gasteiger partial charge in [0.05, 0.1) is 5.69 Å². The first-order chi connectivity index (χ1) is 9.48. The minimum atomic E-state index is -3.80. The average Bonchev–Trinajstić information content (AvgIpc) is 2.42. The molecular formula is C12H18N4O3S. The third kappa shape index (κ3) is 2.61. The van der Waals surface area contributed by atoms with E-state index in [2.05, 4.69) is 15.6 Å². The number of rotatable bonds is 4. The Balaban J connectivity index is 2.42. The molecule has 1 amide bonds. The Kier molecular flexibility index (Phi) is 4.24. The van der Waals surface area contributed by atoms with Crippen LogP contribution in [0.2, 0.25) is 0 Å². The van der Waals surface area contributed by atoms with Crippen LogP contribution in [0.25, 0.3) is 0 Å². The van der Waals surface area contributed by atoms with Crippen LogP contribution in [-0.2, 0) is 14.8 Å². The molecule has 0 spiro atoms. The lowest BCUT2D eigenvalue weighted by Gasteiger charge is -2.31. The maximum atomic E-state index is 12.7. The monoisotopic (exact) mass is 298 g/mol. The highest BCUT2D eigenvalue weighted by Gasteiger charge is 2.37. The quantitative estimate of drug-likeness (QED) is 0.818. The Morgan fingerprint density at radius 1 is 1.55 bits per heavy atom. The van der Waals surface area contributed by atoms with Crippen molar-refractivity contribution in [1.29, 1.82) is 0 Å². The van der Waals surface area contributed by atoms with Crippen LogP contribution in [0.4, 0.5) is 5.69 Å². The van der Waals surface area contributed by atoms with Gasteiger partial charge in [-0.3, -0.25) is 4.79 Å². The number of carbonyl (C=O) groups is 1. The summed E-state index contributed by atoms with van der Waals surface area (Å²) in [6, 6.07) is 2.60. The van der Waals surface area contributed by atoms with E-state index in [-0.39, 0.29) is 17.5 Å². The van der Waals surface area contributed by atoms with Gasteiger partial charge in [0.15, 0.2) is 5.03 Å². The second-order valence-electron chi connectivity index (χ2n) is 4.47. The summed E-state index contributed by atoms with van der Waals surface area (Å²) in [5.74, 6) is -0.291. The molecule has 1 saturated heterocycles. The Bertz CT molecular complexity index is 602. The molecule has 8 heteroatoms. The number of pyridine rings is 1. The molecule has 1 atom stereocenters. The minimum Gasteiger partial charge on any atom is -0.383 e. The number of sulfonamides is 1. The smallest absolute Gasteiger partial charge is 0.263 e. The van der Waals surface area contributed by atoms with Gasteiger partial charge in [-0.2, -0.15) is 4.31 Å². The van der Waals surface area contributed by atoms with Gasteiger partial charge in [0.1, 0.15) is 6.04 Å². The third-order valence-corrected chi connectivity index (χ3v) is 5.06. The first kappa shape index (κ1) is 14.7. The minimum absolute atomic E-state index is 0.0385. The van der Waals surface area contributed by atoms with Gasteiger partial charge in [-0.1, -0.05) is 0 Å². The maximum absolute atomic E-state index is 12.7. The number of hydrogen-bond donors (Lipinski definition) is 2. The zero-order valence-electron chi connectivity index (χ0n) is 11.5. The number of nitrogens with zero attached hydrogens (tertiary/aromatic N) is 2. The van der Waals surface area contributed by atoms with Crippen molar-refractivity contribution in [3.8, 4) is 0 Å². The molecule has 1 aromatic rings. The van der Waals surface area contributed by atoms with E-state index in [4.69, 9.17) is 0 Å². The van der Waals surface area contributed by atoms with Gasteiger partial charge in [0.25, 0.3) is 10.0 Å². The number of piperazine rings is 1. The van der Waals surface area contributed by atoms with Crippen LogP contribution >= 0.6 is 0 Å². The summed E-state index contributed by atoms with van der Waals surface area (Å²) in [6.45, 7) is 4.59. The van der Waals surface area contributed by atoms with Crippen LogP contribution in [0.15, 0.2) is 23.4 Å². The number of hydrogen-bond acceptors (Lipinski definition) is 5. The second kappa shape index (κ2) is 5.76. The molecule has 110 valence electrons. The lowest BCUT2D eigenvalue weighted by molar-refractivity contribution is -0.126. The van der Waals surface area contributed by atoms with Crippen molar-refractivity contribution < 1.29 is 13.2 Å². The highest BCUT2D eigenvalue weighted by molar-refractivity contribution is 7.89. The van der Waals surface area contributed by atoms with Gasteiger partial charge in [0.2, 0.25) is 5.91 Å². The molecule has 7 nitrogen and oxygen atoms in total. The fourth-order valence-corrected chi connectivity index (χ4v) is 3.80. The van der Waals surface area contributed by atoms with Gasteiger partial charge in [-0.15, -0.1) is 0 Å². The number of carbonyl (C=O) groups excluding carboxylic acids is 1. The van der Waals surface area contributed by atoms with E-state index >= 15 is 0 Å². The van der Waals surface area contributed by atoms with Crippen molar-refractivity contribution in [2.75, 3.05) is 25.0 Å². The molecule has 1 aliphatic heterocycles. The Morgan fingerprint density at radius 2 is 2.30 bits per heavy atom. The number of amides is 1. The zero-order chi connectivity index (χ0) is 14.8. The topological polar surface area (TPSA) is 91.4 Å². The van der Waals surface area contributed by atoms with Crippen LogP contribution < -0.4 is 10.6 Å². The predicted molar refractivity (Wildman–Crippen MR) is 74.8 cm³/mol. The summed E-state index contributed by atoms with van der Waals surface area (Å²) in [5.41, 5.74) is 0.452. The molecule has 2 rings (SSSR count). The first-order valence-corrected chi connectivity index (χ1v) is 7.91. The van der Waals surface area contributed by atoms with Crippen molar-refractivity contribution in [2.24, 2.45) is 0 Å². The fourth-order valence-electron chi connectivity index (χ4n) is 2.12. The summed E-state index contributed by atoms with van der Waals surface area (Å²) < 4.78 is 26.6. The molecule has 0 saturated carbocycles. The maximum Gasteiger partial charge on any atom is 0.263 e. The van der Waals surface area contributed by atoms with E-state index < -0.39 is 16.1 Å². The Hall–Kier alpha value is -1.67. The van der Waals surface area contributed by atoms with Crippen LogP contribution in [0.3, 0.4) is 0 Å². The Labute approximate surface area is 118 Å². The van der Waals surface area contributed by atoms with Crippen molar-refractivity contribution in [1.82, 2.24) is 14.6 Å². The molecule has 0 aliphatic carbocycles. The molecule has 1 aromatic heterocycles. The van der Waals surface area contributed by atoms with Crippen molar-refractivity contribution >= 4 is 21.6 Å². The zero-order valence-corrected chi connectivity index (χ0v) is 12.3. The summed E-state index contributed by atoms with van der Waals surface area (Å²) in [6.07, 6.45) is 1.43. The van der Waals surface area contributed by atoms with Gasteiger partial charge in [-0.25, -0.2) is 13.4 Å². The fraction of sp³-hybridized carbons (Fsp3) is 0.500. The van der Waals surface area contributed by atoms with E-state index in [0.29, 0.717) is 18.8 Å². The normalized spacial score (nSPS) is 20.5. The van der Waals surface area contributed by atoms with Crippen LogP contribution in [0.1, 0.15) is 13.8 Å². The van der Waals surface area contributed by atoms with Crippen LogP contribution in [0, 0.1) is 0 Å². The van der Waals surface area contributed by atoms with Crippen molar-refractivity contribution in [2.45, 2.75) is 24.9 Å². The molecular weight excluding hydrogens is 280 g/mol. The van der Waals surface area contributed by atoms with E-state index in [1.165, 1.54) is 10.5 Å². The molecule has 1 fully saturated rings. The molecule has 1 aliphatic rings. The molecule has 0 bridgehead atoms. The molecule has 0 radical (unpaired) electrons. The third-order valence-electron chi connectivity index (χ3n) is 3.13. The van der Waals surface area contributed by atoms with Crippen LogP contribution in [-0.4, -0.2) is 49.3 Å². The van der Waals surface area contributed by atoms with E-state index in [0.717, 1.165) is 0 Å². The second-order valence-corrected chi connectivity index (χ2v) is 6.28. The first-order valence-electron chi connectivity index (χ1n) is 6.47. The molecule has 2 N–H and O–H groups in total. The van der Waals surface area contributed by atoms with Gasteiger partial charge >= 0.3 is 0 Å². The molecule has 0 aromatic carbocycles. The number of nitrogens with one attached hydrogen (secondary N) is 2. The highest BCUT2D eigenvalue weighted by Crippen LogP contribution is 2.24. The van der Waals surface area contributed by atoms with Gasteiger partial charge < -0.3 is 10.6 Å². The summed E-state index contributed by atoms with van der Waals surface area (Å²) in [4.78, 5) is 15.6. The highest BCUT2D eigenvalue weighted by atomic mass is 32.2. The van der Waals surface area contributed by atoms with E-state index in [9.17, 15) is 13.2 Å². The average molecular weight is 298 g/mol. The number of aromatic nitrogens is 1. The van der Waals surface area contributed by atoms with Crippen LogP contribution in [0.5, 0.6) is 0 Å². The molecule has 2 heterocycles. The Morgan fingerprint density at radius 3 is 3.00 bits per heavy atom. The van der Waals surface area contributed by atoms with Gasteiger partial charge in [-0.05, 0) is 26.0 Å². The SMILES string of the molecule is CCNc1cccnc1S(=O)(=O)N1CCNC(=O)C1C. The van der Waals surface area contributed by atoms with Crippen molar-refractivity contribution in [3.05, 3.63) is 18.3 Å². The standard InChI is InChI=1S/C12H18N4O3S/c1-3-13-10-5-4-6-15-12(10)20(18,19)16-8-7-14-11(17)9(16)2/h4-6,9,13H,3,7-8H2,1-2H3,(H,14,17). The largest absolute Gasteiger partial charge is 0.383 e. The van der Waals surface area contributed by atoms with Crippen molar-refractivity contribution in [3.63, 3.8) is 0 Å².